The zero-order valence-corrected chi connectivity index (χ0v) is 27.8. The molecule has 234 valence electrons. The first-order valence-corrected chi connectivity index (χ1v) is 18.0. The van der Waals surface area contributed by atoms with Crippen molar-refractivity contribution in [1.29, 1.82) is 0 Å². The van der Waals surface area contributed by atoms with E-state index in [1.807, 2.05) is 24.3 Å². The third-order valence-corrected chi connectivity index (χ3v) is 10.2. The number of benzene rings is 3. The number of fused-ring (bicyclic) bond motifs is 1. The van der Waals surface area contributed by atoms with Crippen LogP contribution < -0.4 is 0 Å². The van der Waals surface area contributed by atoms with Crippen LogP contribution in [0, 0.1) is 0 Å². The Hall–Kier alpha value is -2.96. The van der Waals surface area contributed by atoms with E-state index >= 15 is 0 Å². The standard InChI is InChI=1S/C38H46O4S2/c1-3-5-7-9-11-13-15-27-17-21-29(22-18-27)43-33-25-31(39)36-35(37(33)41)32(40)26-34(38(36)42)44-30-23-19-28(20-24-30)16-14-12-10-8-6-4-2/h17-26,39,41H,3-16H2,1-2H3. The van der Waals surface area contributed by atoms with E-state index in [1.54, 1.807) is 0 Å². The van der Waals surface area contributed by atoms with E-state index in [0.717, 1.165) is 22.6 Å². The number of hydrogen-bond donors (Lipinski definition) is 2. The van der Waals surface area contributed by atoms with Crippen LogP contribution in [0.15, 0.2) is 80.3 Å². The van der Waals surface area contributed by atoms with Crippen LogP contribution >= 0.6 is 23.5 Å². The molecule has 0 spiro atoms. The molecule has 0 amide bonds. The summed E-state index contributed by atoms with van der Waals surface area (Å²) in [5.41, 5.74) is 2.27. The van der Waals surface area contributed by atoms with Gasteiger partial charge in [0.05, 0.1) is 20.9 Å². The maximum Gasteiger partial charge on any atom is 0.204 e. The summed E-state index contributed by atoms with van der Waals surface area (Å²) in [6.07, 6.45) is 18.5. The molecule has 0 fully saturated rings. The Balaban J connectivity index is 1.37. The van der Waals surface area contributed by atoms with Gasteiger partial charge in [0.2, 0.25) is 5.78 Å². The van der Waals surface area contributed by atoms with Crippen LogP contribution in [0.2, 0.25) is 0 Å². The van der Waals surface area contributed by atoms with E-state index < -0.39 is 11.6 Å². The molecule has 6 heteroatoms. The fraction of sp³-hybridized carbons (Fsp3) is 0.421. The molecule has 0 heterocycles. The summed E-state index contributed by atoms with van der Waals surface area (Å²) in [5.74, 6) is -1.49. The first-order chi connectivity index (χ1) is 21.4. The molecule has 4 nitrogen and oxygen atoms in total. The maximum absolute atomic E-state index is 13.4. The largest absolute Gasteiger partial charge is 0.507 e. The number of aryl methyl sites for hydroxylation is 2. The van der Waals surface area contributed by atoms with Crippen molar-refractivity contribution in [3.8, 4) is 11.5 Å². The van der Waals surface area contributed by atoms with Crippen LogP contribution in [0.1, 0.15) is 123 Å². The summed E-state index contributed by atoms with van der Waals surface area (Å²) in [7, 11) is 0. The quantitative estimate of drug-likeness (QED) is 0.108. The molecule has 0 saturated heterocycles. The lowest BCUT2D eigenvalue weighted by Crippen LogP contribution is -2.16. The van der Waals surface area contributed by atoms with E-state index in [1.165, 1.54) is 124 Å². The van der Waals surface area contributed by atoms with Crippen molar-refractivity contribution in [2.75, 3.05) is 0 Å². The minimum absolute atomic E-state index is 0.129. The number of allylic oxidation sites excluding steroid dienone is 2. The fourth-order valence-electron chi connectivity index (χ4n) is 5.56. The number of hydrogen-bond acceptors (Lipinski definition) is 6. The number of carbonyl (C=O) groups excluding carboxylic acids is 2. The number of phenols is 2. The zero-order valence-electron chi connectivity index (χ0n) is 26.2. The van der Waals surface area contributed by atoms with E-state index in [0.29, 0.717) is 4.90 Å². The van der Waals surface area contributed by atoms with Crippen LogP contribution in [0.3, 0.4) is 0 Å². The number of unbranched alkanes of at least 4 members (excludes halogenated alkanes) is 10. The van der Waals surface area contributed by atoms with E-state index in [2.05, 4.69) is 38.1 Å². The van der Waals surface area contributed by atoms with Crippen LogP contribution in [-0.2, 0) is 12.8 Å². The molecule has 0 unspecified atom stereocenters. The molecular weight excluding hydrogens is 585 g/mol. The molecule has 0 aromatic heterocycles. The maximum atomic E-state index is 13.4. The normalized spacial score (nSPS) is 12.8. The second kappa shape index (κ2) is 17.5. The Morgan fingerprint density at radius 2 is 1.07 bits per heavy atom. The van der Waals surface area contributed by atoms with Gasteiger partial charge in [-0.2, -0.15) is 0 Å². The van der Waals surface area contributed by atoms with Gasteiger partial charge in [0.1, 0.15) is 11.5 Å². The van der Waals surface area contributed by atoms with Crippen molar-refractivity contribution in [3.63, 3.8) is 0 Å². The van der Waals surface area contributed by atoms with Crippen molar-refractivity contribution in [3.05, 3.63) is 87.8 Å². The van der Waals surface area contributed by atoms with Crippen molar-refractivity contribution in [2.24, 2.45) is 0 Å². The Kier molecular flexibility index (Phi) is 13.5. The van der Waals surface area contributed by atoms with Gasteiger partial charge in [-0.25, -0.2) is 0 Å². The summed E-state index contributed by atoms with van der Waals surface area (Å²) < 4.78 is 0. The highest BCUT2D eigenvalue weighted by Crippen LogP contribution is 2.46. The van der Waals surface area contributed by atoms with Gasteiger partial charge >= 0.3 is 0 Å². The average Bonchev–Trinajstić information content (AvgIpc) is 3.02. The van der Waals surface area contributed by atoms with Crippen molar-refractivity contribution in [1.82, 2.24) is 0 Å². The first-order valence-electron chi connectivity index (χ1n) is 16.3. The van der Waals surface area contributed by atoms with Crippen molar-refractivity contribution in [2.45, 2.75) is 118 Å². The monoisotopic (exact) mass is 630 g/mol. The van der Waals surface area contributed by atoms with Gasteiger partial charge in [-0.1, -0.05) is 126 Å². The predicted molar refractivity (Wildman–Crippen MR) is 184 cm³/mol. The molecule has 0 bridgehead atoms. The van der Waals surface area contributed by atoms with Crippen LogP contribution in [0.5, 0.6) is 11.5 Å². The molecule has 0 atom stereocenters. The van der Waals surface area contributed by atoms with E-state index in [4.69, 9.17) is 0 Å². The Bertz CT molecular complexity index is 1420. The Labute approximate surface area is 271 Å². The smallest absolute Gasteiger partial charge is 0.204 e. The van der Waals surface area contributed by atoms with Crippen LogP contribution in [-0.4, -0.2) is 21.8 Å². The molecule has 3 aromatic carbocycles. The van der Waals surface area contributed by atoms with Crippen LogP contribution in [0.4, 0.5) is 0 Å². The molecule has 3 aromatic rings. The van der Waals surface area contributed by atoms with Gasteiger partial charge < -0.3 is 10.2 Å². The third-order valence-electron chi connectivity index (χ3n) is 8.14. The average molecular weight is 631 g/mol. The summed E-state index contributed by atoms with van der Waals surface area (Å²) >= 11 is 2.48. The molecular formula is C38H46O4S2. The first kappa shape index (κ1) is 33.9. The molecule has 44 heavy (non-hydrogen) atoms. The summed E-state index contributed by atoms with van der Waals surface area (Å²) in [6.45, 7) is 4.46. The minimum Gasteiger partial charge on any atom is -0.507 e. The summed E-state index contributed by atoms with van der Waals surface area (Å²) in [4.78, 5) is 28.9. The molecule has 0 radical (unpaired) electrons. The van der Waals surface area contributed by atoms with E-state index in [-0.39, 0.29) is 27.5 Å². The molecule has 2 N–H and O–H groups in total. The molecule has 0 aliphatic heterocycles. The van der Waals surface area contributed by atoms with Crippen molar-refractivity contribution < 1.29 is 19.8 Å². The lowest BCUT2D eigenvalue weighted by Gasteiger charge is -2.19. The molecule has 1 aliphatic carbocycles. The number of Topliss-reactive ketones (excluding diaryl/α,β-unsaturated/α-hetero) is 1. The topological polar surface area (TPSA) is 74.6 Å². The number of aromatic hydroxyl groups is 2. The Morgan fingerprint density at radius 3 is 1.59 bits per heavy atom. The highest BCUT2D eigenvalue weighted by molar-refractivity contribution is 8.04. The number of rotatable bonds is 18. The minimum atomic E-state index is -0.480. The van der Waals surface area contributed by atoms with Gasteiger partial charge in [-0.05, 0) is 67.1 Å². The lowest BCUT2D eigenvalue weighted by atomic mass is 9.93. The Morgan fingerprint density at radius 1 is 0.591 bits per heavy atom. The fourth-order valence-corrected chi connectivity index (χ4v) is 7.34. The molecule has 4 rings (SSSR count). The van der Waals surface area contributed by atoms with Gasteiger partial charge in [0.25, 0.3) is 0 Å². The third kappa shape index (κ3) is 9.52. The predicted octanol–water partition coefficient (Wildman–Crippen LogP) is 11.1. The lowest BCUT2D eigenvalue weighted by molar-refractivity contribution is 0.0986. The number of carbonyl (C=O) groups is 2. The second-order valence-electron chi connectivity index (χ2n) is 11.7. The molecule has 0 saturated carbocycles. The van der Waals surface area contributed by atoms with Crippen molar-refractivity contribution >= 4 is 35.1 Å². The highest BCUT2D eigenvalue weighted by atomic mass is 32.2. The van der Waals surface area contributed by atoms with Gasteiger partial charge in [0.15, 0.2) is 5.78 Å². The van der Waals surface area contributed by atoms with Crippen LogP contribution in [0.25, 0.3) is 0 Å². The summed E-state index contributed by atoms with van der Waals surface area (Å²) in [6, 6.07) is 17.7. The number of phenolic OH excluding ortho intramolecular Hbond substituents is 2. The SMILES string of the molecule is CCCCCCCCc1ccc(SC2=CC(=O)c3c(O)c(Sc4ccc(CCCCCCCC)cc4)cc(O)c3C2=O)cc1. The van der Waals surface area contributed by atoms with E-state index in [9.17, 15) is 19.8 Å². The number of ketones is 2. The summed E-state index contributed by atoms with van der Waals surface area (Å²) in [5, 5.41) is 21.9. The number of thioether (sulfide) groups is 1. The van der Waals surface area contributed by atoms with Gasteiger partial charge in [-0.3, -0.25) is 9.59 Å². The van der Waals surface area contributed by atoms with Gasteiger partial charge in [0, 0.05) is 15.9 Å². The second-order valence-corrected chi connectivity index (χ2v) is 14.0. The zero-order chi connectivity index (χ0) is 31.3. The highest BCUT2D eigenvalue weighted by Gasteiger charge is 2.33. The molecule has 1 aliphatic rings. The van der Waals surface area contributed by atoms with Gasteiger partial charge in [-0.15, -0.1) is 0 Å².